The van der Waals surface area contributed by atoms with Crippen LogP contribution in [0.4, 0.5) is 0 Å². The molecular weight excluding hydrogens is 352 g/mol. The zero-order valence-corrected chi connectivity index (χ0v) is 15.0. The maximum atomic E-state index is 11.7. The Morgan fingerprint density at radius 2 is 1.96 bits per heavy atom. The van der Waals surface area contributed by atoms with E-state index in [1.807, 2.05) is 12.3 Å². The molecule has 0 aliphatic rings. The van der Waals surface area contributed by atoms with E-state index in [1.54, 1.807) is 48.7 Å². The monoisotopic (exact) mass is 368 g/mol. The van der Waals surface area contributed by atoms with Crippen LogP contribution in [0.1, 0.15) is 17.7 Å². The molecule has 0 aliphatic carbocycles. The van der Waals surface area contributed by atoms with Gasteiger partial charge >= 0.3 is 0 Å². The maximum Gasteiger partial charge on any atom is 0.157 e. The van der Waals surface area contributed by atoms with Crippen LogP contribution >= 0.6 is 0 Å². The van der Waals surface area contributed by atoms with Gasteiger partial charge in [0.1, 0.15) is 5.52 Å². The third-order valence-corrected chi connectivity index (χ3v) is 5.89. The number of sulfone groups is 1. The summed E-state index contributed by atoms with van der Waals surface area (Å²) in [5.74, 6) is 0.605. The highest BCUT2D eigenvalue weighted by atomic mass is 32.2. The number of aromatic nitrogens is 6. The lowest BCUT2D eigenvalue weighted by atomic mass is 10.1. The van der Waals surface area contributed by atoms with Crippen LogP contribution in [-0.2, 0) is 9.84 Å². The number of aromatic amines is 1. The van der Waals surface area contributed by atoms with E-state index in [0.717, 1.165) is 16.6 Å². The van der Waals surface area contributed by atoms with Crippen molar-refractivity contribution in [3.63, 3.8) is 0 Å². The molecule has 0 aromatic carbocycles. The molecule has 0 radical (unpaired) electrons. The average molecular weight is 368 g/mol. The number of H-pyrrole nitrogens is 1. The van der Waals surface area contributed by atoms with Crippen LogP contribution in [0.15, 0.2) is 49.3 Å². The number of pyridine rings is 2. The number of fused-ring (bicyclic) bond motifs is 1. The Balaban J connectivity index is 1.67. The van der Waals surface area contributed by atoms with Gasteiger partial charge in [0.2, 0.25) is 0 Å². The van der Waals surface area contributed by atoms with E-state index < -0.39 is 15.1 Å². The Labute approximate surface area is 149 Å². The van der Waals surface area contributed by atoms with Gasteiger partial charge in [0.15, 0.2) is 21.3 Å². The first kappa shape index (κ1) is 16.4. The molecule has 0 aliphatic heterocycles. The molecule has 1 N–H and O–H groups in total. The predicted octanol–water partition coefficient (Wildman–Crippen LogP) is 2.31. The fourth-order valence-corrected chi connectivity index (χ4v) is 3.32. The minimum Gasteiger partial charge on any atom is -0.329 e. The Hall–Kier alpha value is -3.07. The largest absolute Gasteiger partial charge is 0.329 e. The van der Waals surface area contributed by atoms with Gasteiger partial charge in [-0.1, -0.05) is 6.07 Å². The van der Waals surface area contributed by atoms with Gasteiger partial charge in [-0.15, -0.1) is 0 Å². The lowest BCUT2D eigenvalue weighted by molar-refractivity contribution is 0.592. The van der Waals surface area contributed by atoms with Crippen molar-refractivity contribution in [2.24, 2.45) is 0 Å². The highest BCUT2D eigenvalue weighted by Crippen LogP contribution is 2.26. The number of rotatable bonds is 4. The van der Waals surface area contributed by atoms with Crippen LogP contribution in [-0.4, -0.2) is 44.4 Å². The molecule has 0 amide bonds. The maximum absolute atomic E-state index is 11.7. The van der Waals surface area contributed by atoms with Crippen LogP contribution in [0.2, 0.25) is 0 Å². The van der Waals surface area contributed by atoms with E-state index in [9.17, 15) is 8.42 Å². The molecular formula is C17H16N6O2S. The molecule has 8 nitrogen and oxygen atoms in total. The summed E-state index contributed by atoms with van der Waals surface area (Å²) in [6.07, 6.45) is 9.70. The van der Waals surface area contributed by atoms with E-state index in [2.05, 4.69) is 25.0 Å². The number of nitrogens with zero attached hydrogens (tertiary/aromatic N) is 5. The van der Waals surface area contributed by atoms with Crippen molar-refractivity contribution in [2.75, 3.05) is 6.26 Å². The second kappa shape index (κ2) is 6.03. The van der Waals surface area contributed by atoms with Gasteiger partial charge in [0, 0.05) is 36.0 Å². The molecule has 4 aromatic rings. The fraction of sp³-hybridized carbons (Fsp3) is 0.176. The quantitative estimate of drug-likeness (QED) is 0.592. The molecule has 0 fully saturated rings. The summed E-state index contributed by atoms with van der Waals surface area (Å²) in [5.41, 5.74) is 3.95. The van der Waals surface area contributed by atoms with Gasteiger partial charge in [-0.2, -0.15) is 5.10 Å². The molecule has 4 heterocycles. The standard InChI is InChI=1S/C17H16N6O2S/c1-11(26(2,24)25)12-3-4-15(19-7-12)23-9-13(8-22-23)14-5-6-18-17-16(14)20-10-21-17/h3-11H,1-2H3,(H,18,20,21). The minimum absolute atomic E-state index is 0.595. The summed E-state index contributed by atoms with van der Waals surface area (Å²) in [7, 11) is -3.16. The SMILES string of the molecule is CC(c1ccc(-n2cc(-c3ccnc4[nH]cnc34)cn2)nc1)S(C)(=O)=O. The lowest BCUT2D eigenvalue weighted by Crippen LogP contribution is -2.08. The first-order chi connectivity index (χ1) is 12.4. The highest BCUT2D eigenvalue weighted by Gasteiger charge is 2.17. The van der Waals surface area contributed by atoms with Crippen molar-refractivity contribution in [1.29, 1.82) is 0 Å². The van der Waals surface area contributed by atoms with E-state index in [4.69, 9.17) is 0 Å². The lowest BCUT2D eigenvalue weighted by Gasteiger charge is -2.09. The molecule has 0 bridgehead atoms. The van der Waals surface area contributed by atoms with Gasteiger partial charge in [-0.05, 0) is 24.6 Å². The minimum atomic E-state index is -3.16. The van der Waals surface area contributed by atoms with Gasteiger partial charge in [-0.3, -0.25) is 0 Å². The zero-order valence-electron chi connectivity index (χ0n) is 14.2. The summed E-state index contributed by atoms with van der Waals surface area (Å²) in [6, 6.07) is 5.40. The van der Waals surface area contributed by atoms with Gasteiger partial charge in [0.25, 0.3) is 0 Å². The third-order valence-electron chi connectivity index (χ3n) is 4.33. The molecule has 0 saturated carbocycles. The Morgan fingerprint density at radius 1 is 1.12 bits per heavy atom. The second-order valence-corrected chi connectivity index (χ2v) is 8.42. The van der Waals surface area contributed by atoms with Crippen LogP contribution in [0.5, 0.6) is 0 Å². The molecule has 9 heteroatoms. The van der Waals surface area contributed by atoms with Crippen LogP contribution in [0.3, 0.4) is 0 Å². The van der Waals surface area contributed by atoms with Crippen LogP contribution in [0.25, 0.3) is 28.1 Å². The smallest absolute Gasteiger partial charge is 0.157 e. The van der Waals surface area contributed by atoms with E-state index in [1.165, 1.54) is 6.26 Å². The fourth-order valence-electron chi connectivity index (χ4n) is 2.69. The van der Waals surface area contributed by atoms with Crippen molar-refractivity contribution in [3.8, 4) is 16.9 Å². The van der Waals surface area contributed by atoms with E-state index in [0.29, 0.717) is 17.0 Å². The first-order valence-corrected chi connectivity index (χ1v) is 9.87. The van der Waals surface area contributed by atoms with Crippen molar-refractivity contribution >= 4 is 21.0 Å². The summed E-state index contributed by atoms with van der Waals surface area (Å²) in [6.45, 7) is 1.65. The summed E-state index contributed by atoms with van der Waals surface area (Å²) in [4.78, 5) is 15.9. The van der Waals surface area contributed by atoms with E-state index in [-0.39, 0.29) is 0 Å². The molecule has 1 atom stereocenters. The Kier molecular flexibility index (Phi) is 3.80. The first-order valence-electron chi connectivity index (χ1n) is 7.92. The number of imidazole rings is 1. The summed E-state index contributed by atoms with van der Waals surface area (Å²) >= 11 is 0. The molecule has 4 aromatic heterocycles. The molecule has 0 spiro atoms. The van der Waals surface area contributed by atoms with Gasteiger partial charge in [0.05, 0.1) is 17.8 Å². The van der Waals surface area contributed by atoms with Crippen LogP contribution in [0, 0.1) is 0 Å². The second-order valence-electron chi connectivity index (χ2n) is 6.05. The molecule has 4 rings (SSSR count). The van der Waals surface area contributed by atoms with Crippen molar-refractivity contribution in [3.05, 3.63) is 54.9 Å². The average Bonchev–Trinajstić information content (AvgIpc) is 3.29. The number of hydrogen-bond donors (Lipinski definition) is 1. The highest BCUT2D eigenvalue weighted by molar-refractivity contribution is 7.90. The van der Waals surface area contributed by atoms with Gasteiger partial charge < -0.3 is 4.98 Å². The normalized spacial score (nSPS) is 13.2. The van der Waals surface area contributed by atoms with Crippen LogP contribution < -0.4 is 0 Å². The topological polar surface area (TPSA) is 106 Å². The molecule has 132 valence electrons. The van der Waals surface area contributed by atoms with Gasteiger partial charge in [-0.25, -0.2) is 28.1 Å². The molecule has 0 saturated heterocycles. The summed E-state index contributed by atoms with van der Waals surface area (Å²) < 4.78 is 25.0. The number of hydrogen-bond acceptors (Lipinski definition) is 6. The predicted molar refractivity (Wildman–Crippen MR) is 97.5 cm³/mol. The Bertz CT molecular complexity index is 1180. The summed E-state index contributed by atoms with van der Waals surface area (Å²) in [5, 5.41) is 3.76. The third kappa shape index (κ3) is 2.86. The Morgan fingerprint density at radius 3 is 2.69 bits per heavy atom. The van der Waals surface area contributed by atoms with Crippen molar-refractivity contribution in [1.82, 2.24) is 29.7 Å². The molecule has 26 heavy (non-hydrogen) atoms. The number of nitrogens with one attached hydrogen (secondary N) is 1. The van der Waals surface area contributed by atoms with E-state index >= 15 is 0 Å². The molecule has 1 unspecified atom stereocenters. The van der Waals surface area contributed by atoms with Crippen molar-refractivity contribution in [2.45, 2.75) is 12.2 Å². The van der Waals surface area contributed by atoms with Crippen molar-refractivity contribution < 1.29 is 8.42 Å². The zero-order chi connectivity index (χ0) is 18.3.